The lowest BCUT2D eigenvalue weighted by Gasteiger charge is -2.05. The van der Waals surface area contributed by atoms with E-state index in [0.717, 1.165) is 16.3 Å². The van der Waals surface area contributed by atoms with Crippen LogP contribution in [0.4, 0.5) is 0 Å². The maximum absolute atomic E-state index is 11.4. The number of alkyl halides is 1. The van der Waals surface area contributed by atoms with Gasteiger partial charge in [0.2, 0.25) is 0 Å². The predicted octanol–water partition coefficient (Wildman–Crippen LogP) is 3.02. The van der Waals surface area contributed by atoms with Crippen LogP contribution in [-0.4, -0.2) is 17.7 Å². The predicted molar refractivity (Wildman–Crippen MR) is 80.7 cm³/mol. The maximum Gasteiger partial charge on any atom is 0.335 e. The van der Waals surface area contributed by atoms with Gasteiger partial charge in [0.15, 0.2) is 5.84 Å². The summed E-state index contributed by atoms with van der Waals surface area (Å²) in [7, 11) is 0. The first-order valence-electron chi connectivity index (χ1n) is 6.30. The number of carbonyl (C=O) groups excluding carboxylic acids is 1. The van der Waals surface area contributed by atoms with E-state index in [-0.39, 0.29) is 12.3 Å². The average Bonchev–Trinajstić information content (AvgIpc) is 2.50. The fourth-order valence-electron chi connectivity index (χ4n) is 1.85. The molecule has 0 spiro atoms. The lowest BCUT2D eigenvalue weighted by Crippen LogP contribution is -2.15. The highest BCUT2D eigenvalue weighted by Gasteiger charge is 2.07. The van der Waals surface area contributed by atoms with Gasteiger partial charge in [0, 0.05) is 17.9 Å². The normalized spacial score (nSPS) is 11.6. The summed E-state index contributed by atoms with van der Waals surface area (Å²) in [6.45, 7) is 0. The van der Waals surface area contributed by atoms with Crippen LogP contribution in [0.15, 0.2) is 47.6 Å². The second-order valence-corrected chi connectivity index (χ2v) is 4.64. The Morgan fingerprint density at radius 3 is 2.75 bits per heavy atom. The van der Waals surface area contributed by atoms with Crippen LogP contribution >= 0.6 is 11.6 Å². The summed E-state index contributed by atoms with van der Waals surface area (Å²) in [6, 6.07) is 13.5. The topological polar surface area (TPSA) is 64.7 Å². The van der Waals surface area contributed by atoms with Gasteiger partial charge in [0.05, 0.1) is 0 Å². The van der Waals surface area contributed by atoms with Gasteiger partial charge < -0.3 is 10.6 Å². The molecule has 2 aromatic carbocycles. The lowest BCUT2D eigenvalue weighted by molar-refractivity contribution is -0.143. The number of benzene rings is 2. The molecule has 0 amide bonds. The Morgan fingerprint density at radius 2 is 1.95 bits per heavy atom. The number of fused-ring (bicyclic) bond motifs is 1. The van der Waals surface area contributed by atoms with Crippen molar-refractivity contribution >= 4 is 34.2 Å². The van der Waals surface area contributed by atoms with Crippen molar-refractivity contribution in [3.63, 3.8) is 0 Å². The van der Waals surface area contributed by atoms with Crippen molar-refractivity contribution in [1.29, 1.82) is 0 Å². The standard InChI is InChI=1S/C15H15ClN2O2/c16-10-4-9-14(19)20-18-15(17)13-8-3-6-11-5-1-2-7-12(11)13/h1-3,5-8H,4,9-10H2,(H2,17,18). The van der Waals surface area contributed by atoms with E-state index in [1.54, 1.807) is 0 Å². The van der Waals surface area contributed by atoms with Gasteiger partial charge in [-0.05, 0) is 17.2 Å². The third kappa shape index (κ3) is 3.48. The monoisotopic (exact) mass is 290 g/mol. The van der Waals surface area contributed by atoms with E-state index in [1.807, 2.05) is 42.5 Å². The quantitative estimate of drug-likeness (QED) is 0.303. The fraction of sp³-hybridized carbons (Fsp3) is 0.200. The molecule has 0 radical (unpaired) electrons. The van der Waals surface area contributed by atoms with Gasteiger partial charge in [-0.25, -0.2) is 4.79 Å². The van der Waals surface area contributed by atoms with Gasteiger partial charge in [-0.3, -0.25) is 0 Å². The number of amidine groups is 1. The molecule has 0 saturated heterocycles. The maximum atomic E-state index is 11.4. The Balaban J connectivity index is 2.18. The van der Waals surface area contributed by atoms with Crippen LogP contribution in [0, 0.1) is 0 Å². The molecule has 0 bridgehead atoms. The molecule has 4 nitrogen and oxygen atoms in total. The molecule has 0 unspecified atom stereocenters. The van der Waals surface area contributed by atoms with Gasteiger partial charge >= 0.3 is 5.97 Å². The smallest absolute Gasteiger partial charge is 0.335 e. The highest BCUT2D eigenvalue weighted by atomic mass is 35.5. The molecule has 0 aliphatic carbocycles. The number of halogens is 1. The van der Waals surface area contributed by atoms with Gasteiger partial charge in [0.1, 0.15) is 0 Å². The van der Waals surface area contributed by atoms with Crippen LogP contribution in [0.3, 0.4) is 0 Å². The third-order valence-electron chi connectivity index (χ3n) is 2.83. The summed E-state index contributed by atoms with van der Waals surface area (Å²) in [5.41, 5.74) is 6.63. The number of nitrogens with two attached hydrogens (primary N) is 1. The number of nitrogens with zero attached hydrogens (tertiary/aromatic N) is 1. The molecular weight excluding hydrogens is 276 g/mol. The van der Waals surface area contributed by atoms with E-state index in [4.69, 9.17) is 22.2 Å². The van der Waals surface area contributed by atoms with Crippen molar-refractivity contribution in [3.05, 3.63) is 48.0 Å². The molecule has 2 aromatic rings. The molecule has 0 aliphatic heterocycles. The average molecular weight is 291 g/mol. The first kappa shape index (κ1) is 14.3. The minimum absolute atomic E-state index is 0.182. The molecule has 0 aliphatic rings. The van der Waals surface area contributed by atoms with Crippen LogP contribution in [0.5, 0.6) is 0 Å². The number of hydrogen-bond donors (Lipinski definition) is 1. The molecule has 0 fully saturated rings. The second kappa shape index (κ2) is 6.91. The van der Waals surface area contributed by atoms with Crippen LogP contribution < -0.4 is 5.73 Å². The molecular formula is C15H15ClN2O2. The summed E-state index contributed by atoms with van der Waals surface area (Å²) in [5, 5.41) is 5.72. The Hall–Kier alpha value is -2.07. The van der Waals surface area contributed by atoms with Crippen molar-refractivity contribution in [1.82, 2.24) is 0 Å². The third-order valence-corrected chi connectivity index (χ3v) is 3.09. The van der Waals surface area contributed by atoms with Crippen molar-refractivity contribution < 1.29 is 9.63 Å². The Bertz CT molecular complexity index is 635. The van der Waals surface area contributed by atoms with Crippen LogP contribution in [0.1, 0.15) is 18.4 Å². The summed E-state index contributed by atoms with van der Waals surface area (Å²) < 4.78 is 0. The number of rotatable bonds is 5. The fourth-order valence-corrected chi connectivity index (χ4v) is 1.99. The highest BCUT2D eigenvalue weighted by Crippen LogP contribution is 2.18. The van der Waals surface area contributed by atoms with Crippen LogP contribution in [0.25, 0.3) is 10.8 Å². The number of hydrogen-bond acceptors (Lipinski definition) is 3. The molecule has 5 heteroatoms. The van der Waals surface area contributed by atoms with Crippen molar-refractivity contribution in [2.75, 3.05) is 5.88 Å². The van der Waals surface area contributed by atoms with E-state index < -0.39 is 5.97 Å². The zero-order valence-corrected chi connectivity index (χ0v) is 11.6. The van der Waals surface area contributed by atoms with Gasteiger partial charge in [-0.15, -0.1) is 11.6 Å². The molecule has 0 aromatic heterocycles. The summed E-state index contributed by atoms with van der Waals surface area (Å²) in [4.78, 5) is 16.1. The molecule has 0 saturated carbocycles. The van der Waals surface area contributed by atoms with Gasteiger partial charge in [-0.2, -0.15) is 0 Å². The van der Waals surface area contributed by atoms with E-state index >= 15 is 0 Å². The highest BCUT2D eigenvalue weighted by molar-refractivity contribution is 6.17. The molecule has 0 heterocycles. The van der Waals surface area contributed by atoms with Crippen molar-refractivity contribution in [2.45, 2.75) is 12.8 Å². The molecule has 20 heavy (non-hydrogen) atoms. The first-order valence-corrected chi connectivity index (χ1v) is 6.83. The Morgan fingerprint density at radius 1 is 1.20 bits per heavy atom. The van der Waals surface area contributed by atoms with Gasteiger partial charge in [-0.1, -0.05) is 47.6 Å². The van der Waals surface area contributed by atoms with Crippen LogP contribution in [0.2, 0.25) is 0 Å². The zero-order chi connectivity index (χ0) is 14.4. The van der Waals surface area contributed by atoms with Gasteiger partial charge in [0.25, 0.3) is 0 Å². The minimum Gasteiger partial charge on any atom is -0.380 e. The van der Waals surface area contributed by atoms with Crippen LogP contribution in [-0.2, 0) is 9.63 Å². The zero-order valence-electron chi connectivity index (χ0n) is 10.9. The molecule has 2 rings (SSSR count). The molecule has 2 N–H and O–H groups in total. The SMILES string of the molecule is NC(=NOC(=O)CCCCl)c1cccc2ccccc12. The Kier molecular flexibility index (Phi) is 4.96. The van der Waals surface area contributed by atoms with Crippen molar-refractivity contribution in [2.24, 2.45) is 10.9 Å². The molecule has 104 valence electrons. The summed E-state index contributed by atoms with van der Waals surface area (Å²) >= 11 is 5.50. The summed E-state index contributed by atoms with van der Waals surface area (Å²) in [5.74, 6) is 0.160. The first-order chi connectivity index (χ1) is 9.72. The number of oxime groups is 1. The molecule has 0 atom stereocenters. The summed E-state index contributed by atoms with van der Waals surface area (Å²) in [6.07, 6.45) is 0.792. The van der Waals surface area contributed by atoms with E-state index in [9.17, 15) is 4.79 Å². The minimum atomic E-state index is -0.436. The van der Waals surface area contributed by atoms with E-state index in [1.165, 1.54) is 0 Å². The second-order valence-electron chi connectivity index (χ2n) is 4.26. The van der Waals surface area contributed by atoms with E-state index in [0.29, 0.717) is 12.3 Å². The Labute approximate surface area is 122 Å². The number of carbonyl (C=O) groups is 1. The van der Waals surface area contributed by atoms with Crippen molar-refractivity contribution in [3.8, 4) is 0 Å². The largest absolute Gasteiger partial charge is 0.380 e. The lowest BCUT2D eigenvalue weighted by atomic mass is 10.0. The van der Waals surface area contributed by atoms with E-state index in [2.05, 4.69) is 5.16 Å².